The van der Waals surface area contributed by atoms with Crippen molar-refractivity contribution in [1.29, 1.82) is 0 Å². The molecule has 1 heterocycles. The number of carbonyl (C=O) groups is 1. The van der Waals surface area contributed by atoms with E-state index in [0.29, 0.717) is 12.3 Å². The number of carboxylic acid groups (broad SMARTS) is 1. The maximum atomic E-state index is 10.7. The molecule has 3 nitrogen and oxygen atoms in total. The number of fused-ring (bicyclic) bond motifs is 1. The minimum Gasteiger partial charge on any atom is -0.481 e. The molecule has 0 unspecified atom stereocenters. The van der Waals surface area contributed by atoms with Gasteiger partial charge in [0.05, 0.1) is 0 Å². The van der Waals surface area contributed by atoms with Gasteiger partial charge in [0.15, 0.2) is 0 Å². The first-order valence-electron chi connectivity index (χ1n) is 6.36. The van der Waals surface area contributed by atoms with Gasteiger partial charge in [0.2, 0.25) is 0 Å². The van der Waals surface area contributed by atoms with Gasteiger partial charge < -0.3 is 9.67 Å². The first kappa shape index (κ1) is 12.7. The number of hydrogen-bond acceptors (Lipinski definition) is 1. The van der Waals surface area contributed by atoms with E-state index in [0.717, 1.165) is 12.1 Å². The molecule has 2 aromatic rings. The van der Waals surface area contributed by atoms with E-state index in [1.54, 1.807) is 0 Å². The van der Waals surface area contributed by atoms with Crippen LogP contribution in [0.25, 0.3) is 10.9 Å². The Morgan fingerprint density at radius 2 is 2.06 bits per heavy atom. The lowest BCUT2D eigenvalue weighted by molar-refractivity contribution is -0.136. The molecule has 96 valence electrons. The molecule has 1 aromatic carbocycles. The van der Waals surface area contributed by atoms with E-state index in [9.17, 15) is 4.79 Å². The average molecular weight is 245 g/mol. The zero-order valence-corrected chi connectivity index (χ0v) is 10.9. The van der Waals surface area contributed by atoms with Crippen molar-refractivity contribution >= 4 is 16.9 Å². The molecule has 2 rings (SSSR count). The molecule has 0 radical (unpaired) electrons. The lowest BCUT2D eigenvalue weighted by atomic mass is 10.1. The van der Waals surface area contributed by atoms with Crippen LogP contribution in [-0.4, -0.2) is 15.6 Å². The molecule has 0 spiro atoms. The van der Waals surface area contributed by atoms with Gasteiger partial charge in [-0.15, -0.1) is 0 Å². The quantitative estimate of drug-likeness (QED) is 0.878. The molecule has 0 aliphatic heterocycles. The number of aromatic nitrogens is 1. The van der Waals surface area contributed by atoms with Crippen LogP contribution in [0, 0.1) is 5.92 Å². The normalized spacial score (nSPS) is 11.3. The van der Waals surface area contributed by atoms with Crippen LogP contribution in [0.15, 0.2) is 30.5 Å². The Labute approximate surface area is 107 Å². The van der Waals surface area contributed by atoms with E-state index in [1.807, 2.05) is 12.1 Å². The fourth-order valence-corrected chi connectivity index (χ4v) is 2.31. The minimum atomic E-state index is -0.740. The molecule has 0 saturated carbocycles. The summed E-state index contributed by atoms with van der Waals surface area (Å²) in [5.74, 6) is -0.163. The first-order chi connectivity index (χ1) is 8.58. The molecular formula is C15H19NO2. The van der Waals surface area contributed by atoms with Gasteiger partial charge in [0, 0.05) is 30.1 Å². The van der Waals surface area contributed by atoms with Crippen molar-refractivity contribution in [3.05, 3.63) is 36.0 Å². The zero-order valence-electron chi connectivity index (χ0n) is 10.9. The summed E-state index contributed by atoms with van der Waals surface area (Å²) in [6.45, 7) is 5.34. The summed E-state index contributed by atoms with van der Waals surface area (Å²) in [6.07, 6.45) is 2.89. The molecule has 1 N–H and O–H groups in total. The van der Waals surface area contributed by atoms with Gasteiger partial charge in [-0.3, -0.25) is 4.79 Å². The Morgan fingerprint density at radius 3 is 2.72 bits per heavy atom. The molecule has 0 amide bonds. The first-order valence-corrected chi connectivity index (χ1v) is 6.36. The molecular weight excluding hydrogens is 226 g/mol. The van der Waals surface area contributed by atoms with Gasteiger partial charge in [-0.05, 0) is 24.0 Å². The van der Waals surface area contributed by atoms with Gasteiger partial charge in [0.1, 0.15) is 0 Å². The van der Waals surface area contributed by atoms with Crippen molar-refractivity contribution < 1.29 is 9.90 Å². The van der Waals surface area contributed by atoms with E-state index in [-0.39, 0.29) is 6.42 Å². The Morgan fingerprint density at radius 1 is 1.33 bits per heavy atom. The number of nitrogens with zero attached hydrogens (tertiary/aromatic N) is 1. The maximum Gasteiger partial charge on any atom is 0.303 e. The zero-order chi connectivity index (χ0) is 13.1. The molecule has 0 fully saturated rings. The van der Waals surface area contributed by atoms with Crippen molar-refractivity contribution in [2.24, 2.45) is 5.92 Å². The topological polar surface area (TPSA) is 42.2 Å². The van der Waals surface area contributed by atoms with Gasteiger partial charge in [-0.25, -0.2) is 0 Å². The van der Waals surface area contributed by atoms with Gasteiger partial charge in [0.25, 0.3) is 0 Å². The van der Waals surface area contributed by atoms with E-state index in [2.05, 4.69) is 36.7 Å². The number of hydrogen-bond donors (Lipinski definition) is 1. The van der Waals surface area contributed by atoms with Gasteiger partial charge in [-0.2, -0.15) is 0 Å². The maximum absolute atomic E-state index is 10.7. The lowest BCUT2D eigenvalue weighted by Crippen LogP contribution is -2.02. The largest absolute Gasteiger partial charge is 0.481 e. The van der Waals surface area contributed by atoms with Crippen LogP contribution in [0.5, 0.6) is 0 Å². The highest BCUT2D eigenvalue weighted by molar-refractivity contribution is 5.84. The third-order valence-corrected chi connectivity index (χ3v) is 3.04. The molecule has 3 heteroatoms. The number of carboxylic acids is 1. The van der Waals surface area contributed by atoms with E-state index in [4.69, 9.17) is 5.11 Å². The number of benzene rings is 1. The SMILES string of the molecule is CC(C)Cn1cc(CCC(=O)O)c2ccccc21. The van der Waals surface area contributed by atoms with Crippen LogP contribution < -0.4 is 0 Å². The van der Waals surface area contributed by atoms with Crippen LogP contribution in [0.1, 0.15) is 25.8 Å². The standard InChI is InChI=1S/C15H19NO2/c1-11(2)9-16-10-12(7-8-15(17)18)13-5-3-4-6-14(13)16/h3-6,10-11H,7-9H2,1-2H3,(H,17,18). The summed E-state index contributed by atoms with van der Waals surface area (Å²) < 4.78 is 2.23. The second kappa shape index (κ2) is 5.25. The van der Waals surface area contributed by atoms with Crippen LogP contribution in [0.2, 0.25) is 0 Å². The molecule has 0 atom stereocenters. The monoisotopic (exact) mass is 245 g/mol. The molecule has 1 aromatic heterocycles. The van der Waals surface area contributed by atoms with E-state index in [1.165, 1.54) is 10.9 Å². The van der Waals surface area contributed by atoms with Crippen LogP contribution in [0.4, 0.5) is 0 Å². The second-order valence-electron chi connectivity index (χ2n) is 5.11. The van der Waals surface area contributed by atoms with Crippen molar-refractivity contribution in [3.63, 3.8) is 0 Å². The Bertz CT molecular complexity index is 555. The molecule has 18 heavy (non-hydrogen) atoms. The molecule has 0 aliphatic rings. The summed E-state index contributed by atoms with van der Waals surface area (Å²) in [7, 11) is 0. The van der Waals surface area contributed by atoms with Crippen LogP contribution >= 0.6 is 0 Å². The summed E-state index contributed by atoms with van der Waals surface area (Å²) in [5, 5.41) is 9.97. The average Bonchev–Trinajstić information content (AvgIpc) is 2.65. The van der Waals surface area contributed by atoms with Crippen molar-refractivity contribution in [2.45, 2.75) is 33.2 Å². The minimum absolute atomic E-state index is 0.190. The highest BCUT2D eigenvalue weighted by atomic mass is 16.4. The van der Waals surface area contributed by atoms with Crippen molar-refractivity contribution in [2.75, 3.05) is 0 Å². The number of aliphatic carboxylic acids is 1. The Hall–Kier alpha value is -1.77. The second-order valence-corrected chi connectivity index (χ2v) is 5.11. The van der Waals surface area contributed by atoms with Crippen molar-refractivity contribution in [3.8, 4) is 0 Å². The van der Waals surface area contributed by atoms with E-state index < -0.39 is 5.97 Å². The van der Waals surface area contributed by atoms with Gasteiger partial charge in [-0.1, -0.05) is 32.0 Å². The number of rotatable bonds is 5. The number of para-hydroxylation sites is 1. The van der Waals surface area contributed by atoms with Crippen LogP contribution in [0.3, 0.4) is 0 Å². The van der Waals surface area contributed by atoms with E-state index >= 15 is 0 Å². The fourth-order valence-electron chi connectivity index (χ4n) is 2.31. The Balaban J connectivity index is 2.37. The molecule has 0 aliphatic carbocycles. The fraction of sp³-hybridized carbons (Fsp3) is 0.400. The summed E-state index contributed by atoms with van der Waals surface area (Å²) in [4.78, 5) is 10.7. The summed E-state index contributed by atoms with van der Waals surface area (Å²) >= 11 is 0. The highest BCUT2D eigenvalue weighted by Crippen LogP contribution is 2.23. The third kappa shape index (κ3) is 2.73. The summed E-state index contributed by atoms with van der Waals surface area (Å²) in [6, 6.07) is 8.21. The molecule has 0 saturated heterocycles. The Kier molecular flexibility index (Phi) is 3.70. The number of aryl methyl sites for hydroxylation is 1. The third-order valence-electron chi connectivity index (χ3n) is 3.04. The van der Waals surface area contributed by atoms with Gasteiger partial charge >= 0.3 is 5.97 Å². The summed E-state index contributed by atoms with van der Waals surface area (Å²) in [5.41, 5.74) is 2.33. The molecule has 0 bridgehead atoms. The van der Waals surface area contributed by atoms with Crippen molar-refractivity contribution in [1.82, 2.24) is 4.57 Å². The lowest BCUT2D eigenvalue weighted by Gasteiger charge is -2.07. The predicted octanol–water partition coefficient (Wildman–Crippen LogP) is 3.31. The smallest absolute Gasteiger partial charge is 0.303 e. The highest BCUT2D eigenvalue weighted by Gasteiger charge is 2.10. The van der Waals surface area contributed by atoms with Crippen LogP contribution in [-0.2, 0) is 17.8 Å². The predicted molar refractivity (Wildman–Crippen MR) is 72.7 cm³/mol.